The third kappa shape index (κ3) is 2.41. The molecular formula is C15H14FN3. The minimum absolute atomic E-state index is 0.108. The second-order valence-electron chi connectivity index (χ2n) is 4.62. The molecule has 0 bridgehead atoms. The monoisotopic (exact) mass is 255 g/mol. The summed E-state index contributed by atoms with van der Waals surface area (Å²) in [5, 5.41) is 9.07. The van der Waals surface area contributed by atoms with Gasteiger partial charge in [0.2, 0.25) is 0 Å². The van der Waals surface area contributed by atoms with Crippen molar-refractivity contribution in [1.82, 2.24) is 4.98 Å². The number of nitrogens with zero attached hydrogens (tertiary/aromatic N) is 2. The Bertz CT molecular complexity index is 657. The molecule has 0 radical (unpaired) electrons. The van der Waals surface area contributed by atoms with Gasteiger partial charge in [-0.2, -0.15) is 5.26 Å². The van der Waals surface area contributed by atoms with Gasteiger partial charge in [-0.25, -0.2) is 9.37 Å². The van der Waals surface area contributed by atoms with Crippen molar-refractivity contribution < 1.29 is 4.39 Å². The number of hydrogen-bond acceptors (Lipinski definition) is 3. The Morgan fingerprint density at radius 3 is 2.68 bits per heavy atom. The van der Waals surface area contributed by atoms with Gasteiger partial charge in [0, 0.05) is 23.0 Å². The van der Waals surface area contributed by atoms with Crippen LogP contribution in [0, 0.1) is 17.1 Å². The Hall–Kier alpha value is -2.41. The van der Waals surface area contributed by atoms with E-state index < -0.39 is 0 Å². The molecule has 1 heterocycles. The molecule has 1 aromatic carbocycles. The zero-order valence-electron chi connectivity index (χ0n) is 10.8. The van der Waals surface area contributed by atoms with Gasteiger partial charge in [0.05, 0.1) is 0 Å². The molecule has 0 spiro atoms. The highest BCUT2D eigenvalue weighted by Gasteiger charge is 2.15. The predicted molar refractivity (Wildman–Crippen MR) is 72.8 cm³/mol. The van der Waals surface area contributed by atoms with Crippen LogP contribution in [-0.2, 0) is 0 Å². The lowest BCUT2D eigenvalue weighted by Crippen LogP contribution is -2.02. The van der Waals surface area contributed by atoms with Gasteiger partial charge in [-0.05, 0) is 35.7 Å². The van der Waals surface area contributed by atoms with Crippen molar-refractivity contribution >= 4 is 5.69 Å². The van der Waals surface area contributed by atoms with Crippen LogP contribution in [0.5, 0.6) is 0 Å². The molecule has 0 fully saturated rings. The molecule has 0 unspecified atom stereocenters. The van der Waals surface area contributed by atoms with Crippen molar-refractivity contribution in [2.45, 2.75) is 19.8 Å². The van der Waals surface area contributed by atoms with Crippen LogP contribution in [-0.4, -0.2) is 4.98 Å². The SMILES string of the molecule is CC(C)c1cc(F)cc(-c2cccnc2C#N)c1N. The van der Waals surface area contributed by atoms with Crippen LogP contribution < -0.4 is 5.73 Å². The Balaban J connectivity index is 2.73. The van der Waals surface area contributed by atoms with E-state index in [2.05, 4.69) is 4.98 Å². The second-order valence-corrected chi connectivity index (χ2v) is 4.62. The lowest BCUT2D eigenvalue weighted by atomic mass is 9.94. The first-order chi connectivity index (χ1) is 9.04. The van der Waals surface area contributed by atoms with E-state index in [4.69, 9.17) is 11.0 Å². The number of rotatable bonds is 2. The second kappa shape index (κ2) is 5.07. The quantitative estimate of drug-likeness (QED) is 0.836. The highest BCUT2D eigenvalue weighted by Crippen LogP contribution is 2.34. The van der Waals surface area contributed by atoms with E-state index in [9.17, 15) is 4.39 Å². The van der Waals surface area contributed by atoms with E-state index in [1.165, 1.54) is 18.3 Å². The first-order valence-electron chi connectivity index (χ1n) is 5.99. The average molecular weight is 255 g/mol. The van der Waals surface area contributed by atoms with Crippen molar-refractivity contribution in [3.05, 3.63) is 47.5 Å². The molecule has 2 rings (SSSR count). The fraction of sp³-hybridized carbons (Fsp3) is 0.200. The molecule has 0 aliphatic rings. The summed E-state index contributed by atoms with van der Waals surface area (Å²) in [6, 6.07) is 8.21. The molecule has 3 nitrogen and oxygen atoms in total. The fourth-order valence-electron chi connectivity index (χ4n) is 2.05. The number of pyridine rings is 1. The number of anilines is 1. The molecule has 19 heavy (non-hydrogen) atoms. The summed E-state index contributed by atoms with van der Waals surface area (Å²) in [4.78, 5) is 3.98. The van der Waals surface area contributed by atoms with Crippen LogP contribution in [0.3, 0.4) is 0 Å². The number of nitriles is 1. The predicted octanol–water partition coefficient (Wildman–Crippen LogP) is 3.46. The van der Waals surface area contributed by atoms with Gasteiger partial charge in [-0.15, -0.1) is 0 Å². The Labute approximate surface area is 111 Å². The molecular weight excluding hydrogens is 241 g/mol. The third-order valence-electron chi connectivity index (χ3n) is 3.00. The third-order valence-corrected chi connectivity index (χ3v) is 3.00. The first kappa shape index (κ1) is 13.0. The lowest BCUT2D eigenvalue weighted by molar-refractivity contribution is 0.624. The van der Waals surface area contributed by atoms with E-state index >= 15 is 0 Å². The maximum atomic E-state index is 13.7. The van der Waals surface area contributed by atoms with Gasteiger partial charge in [-0.1, -0.05) is 13.8 Å². The molecule has 2 N–H and O–H groups in total. The van der Waals surface area contributed by atoms with Crippen LogP contribution in [0.25, 0.3) is 11.1 Å². The van der Waals surface area contributed by atoms with E-state index in [0.29, 0.717) is 16.8 Å². The molecule has 0 saturated carbocycles. The molecule has 0 aliphatic heterocycles. The molecule has 0 amide bonds. The minimum Gasteiger partial charge on any atom is -0.398 e. The normalized spacial score (nSPS) is 10.5. The molecule has 4 heteroatoms. The van der Waals surface area contributed by atoms with E-state index in [1.54, 1.807) is 12.1 Å². The molecule has 1 aromatic heterocycles. The van der Waals surface area contributed by atoms with Crippen LogP contribution in [0.1, 0.15) is 31.0 Å². The number of aromatic nitrogens is 1. The van der Waals surface area contributed by atoms with E-state index in [-0.39, 0.29) is 17.4 Å². The summed E-state index contributed by atoms with van der Waals surface area (Å²) >= 11 is 0. The number of halogens is 1. The molecule has 2 aromatic rings. The Morgan fingerprint density at radius 2 is 2.05 bits per heavy atom. The van der Waals surface area contributed by atoms with Crippen LogP contribution >= 0.6 is 0 Å². The molecule has 96 valence electrons. The highest BCUT2D eigenvalue weighted by atomic mass is 19.1. The standard InChI is InChI=1S/C15H14FN3/c1-9(2)12-6-10(16)7-13(15(12)18)11-4-3-5-19-14(11)8-17/h3-7,9H,18H2,1-2H3. The van der Waals surface area contributed by atoms with Crippen molar-refractivity contribution in [1.29, 1.82) is 5.26 Å². The zero-order chi connectivity index (χ0) is 14.0. The summed E-state index contributed by atoms with van der Waals surface area (Å²) in [7, 11) is 0. The Kier molecular flexibility index (Phi) is 3.48. The van der Waals surface area contributed by atoms with E-state index in [1.807, 2.05) is 19.9 Å². The summed E-state index contributed by atoms with van der Waals surface area (Å²) in [5.41, 5.74) is 8.67. The summed E-state index contributed by atoms with van der Waals surface area (Å²) < 4.78 is 13.7. The maximum Gasteiger partial charge on any atom is 0.148 e. The fourth-order valence-corrected chi connectivity index (χ4v) is 2.05. The molecule has 0 aliphatic carbocycles. The number of benzene rings is 1. The summed E-state index contributed by atoms with van der Waals surface area (Å²) in [6.07, 6.45) is 1.53. The van der Waals surface area contributed by atoms with Crippen molar-refractivity contribution in [3.8, 4) is 17.2 Å². The topological polar surface area (TPSA) is 62.7 Å². The van der Waals surface area contributed by atoms with Crippen LogP contribution in [0.15, 0.2) is 30.5 Å². The van der Waals surface area contributed by atoms with Crippen LogP contribution in [0.4, 0.5) is 10.1 Å². The highest BCUT2D eigenvalue weighted by molar-refractivity contribution is 5.81. The molecule has 0 atom stereocenters. The number of nitrogens with two attached hydrogens (primary N) is 1. The van der Waals surface area contributed by atoms with Gasteiger partial charge in [-0.3, -0.25) is 0 Å². The lowest BCUT2D eigenvalue weighted by Gasteiger charge is -2.14. The molecule has 0 saturated heterocycles. The first-order valence-corrected chi connectivity index (χ1v) is 5.99. The zero-order valence-corrected chi connectivity index (χ0v) is 10.8. The van der Waals surface area contributed by atoms with Gasteiger partial charge in [0.15, 0.2) is 0 Å². The summed E-state index contributed by atoms with van der Waals surface area (Å²) in [6.45, 7) is 3.90. The van der Waals surface area contributed by atoms with E-state index in [0.717, 1.165) is 5.56 Å². The number of nitrogen functional groups attached to an aromatic ring is 1. The van der Waals surface area contributed by atoms with Gasteiger partial charge < -0.3 is 5.73 Å². The minimum atomic E-state index is -0.361. The van der Waals surface area contributed by atoms with Crippen molar-refractivity contribution in [2.24, 2.45) is 0 Å². The van der Waals surface area contributed by atoms with Gasteiger partial charge in [0.1, 0.15) is 17.6 Å². The number of hydrogen-bond donors (Lipinski definition) is 1. The van der Waals surface area contributed by atoms with Crippen molar-refractivity contribution in [3.63, 3.8) is 0 Å². The smallest absolute Gasteiger partial charge is 0.148 e. The van der Waals surface area contributed by atoms with Crippen molar-refractivity contribution in [2.75, 3.05) is 5.73 Å². The summed E-state index contributed by atoms with van der Waals surface area (Å²) in [5.74, 6) is -0.252. The Morgan fingerprint density at radius 1 is 1.32 bits per heavy atom. The average Bonchev–Trinajstić information content (AvgIpc) is 2.40. The largest absolute Gasteiger partial charge is 0.398 e. The van der Waals surface area contributed by atoms with Gasteiger partial charge in [0.25, 0.3) is 0 Å². The van der Waals surface area contributed by atoms with Crippen LogP contribution in [0.2, 0.25) is 0 Å². The maximum absolute atomic E-state index is 13.7. The van der Waals surface area contributed by atoms with Gasteiger partial charge >= 0.3 is 0 Å².